The molecule has 0 aliphatic rings. The molecule has 146 valence electrons. The molecule has 1 N–H and O–H groups in total. The van der Waals surface area contributed by atoms with E-state index in [0.29, 0.717) is 18.1 Å². The molecule has 0 bridgehead atoms. The Morgan fingerprint density at radius 3 is 2.41 bits per heavy atom. The van der Waals surface area contributed by atoms with Crippen LogP contribution in [0.3, 0.4) is 0 Å². The molecule has 9 heteroatoms. The summed E-state index contributed by atoms with van der Waals surface area (Å²) in [5, 5.41) is 3.25. The van der Waals surface area contributed by atoms with Gasteiger partial charge < -0.3 is 10.2 Å². The number of benzene rings is 2. The van der Waals surface area contributed by atoms with Crippen LogP contribution in [0.1, 0.15) is 0 Å². The van der Waals surface area contributed by atoms with Gasteiger partial charge in [-0.15, -0.1) is 0 Å². The van der Waals surface area contributed by atoms with E-state index in [4.69, 9.17) is 23.2 Å². The van der Waals surface area contributed by atoms with Crippen molar-refractivity contribution >= 4 is 50.5 Å². The summed E-state index contributed by atoms with van der Waals surface area (Å²) in [7, 11) is -1.80. The van der Waals surface area contributed by atoms with Crippen molar-refractivity contribution in [2.24, 2.45) is 0 Å². The Hall–Kier alpha value is -1.96. The van der Waals surface area contributed by atoms with Crippen LogP contribution in [0.2, 0.25) is 10.0 Å². The Balaban J connectivity index is 1.99. The van der Waals surface area contributed by atoms with Gasteiger partial charge in [-0.25, -0.2) is 8.42 Å². The minimum Gasteiger partial charge on any atom is -0.373 e. The van der Waals surface area contributed by atoms with Gasteiger partial charge >= 0.3 is 0 Å². The number of rotatable bonds is 8. The van der Waals surface area contributed by atoms with Crippen molar-refractivity contribution in [2.75, 3.05) is 42.1 Å². The van der Waals surface area contributed by atoms with E-state index >= 15 is 0 Å². The second-order valence-electron chi connectivity index (χ2n) is 5.97. The van der Waals surface area contributed by atoms with Gasteiger partial charge in [-0.2, -0.15) is 0 Å². The molecule has 0 atom stereocenters. The standard InChI is InChI=1S/C18H21Cl2N3O3S/c1-22(15-6-4-3-5-7-15)11-10-21-18(24)13-23(27(2,25)26)17-12-14(19)8-9-16(17)20/h3-9,12H,10-11,13H2,1-2H3,(H,21,24). The Morgan fingerprint density at radius 1 is 1.11 bits per heavy atom. The maximum Gasteiger partial charge on any atom is 0.240 e. The van der Waals surface area contributed by atoms with Crippen LogP contribution in [-0.2, 0) is 14.8 Å². The van der Waals surface area contributed by atoms with Crippen molar-refractivity contribution in [3.8, 4) is 0 Å². The lowest BCUT2D eigenvalue weighted by molar-refractivity contribution is -0.119. The molecule has 2 aromatic carbocycles. The highest BCUT2D eigenvalue weighted by molar-refractivity contribution is 7.92. The largest absolute Gasteiger partial charge is 0.373 e. The van der Waals surface area contributed by atoms with Crippen LogP contribution >= 0.6 is 23.2 Å². The molecule has 1 amide bonds. The lowest BCUT2D eigenvalue weighted by atomic mass is 10.3. The van der Waals surface area contributed by atoms with Crippen LogP contribution < -0.4 is 14.5 Å². The number of hydrogen-bond acceptors (Lipinski definition) is 4. The molecule has 0 saturated carbocycles. The first-order chi connectivity index (χ1) is 12.7. The minimum atomic E-state index is -3.72. The number of carbonyl (C=O) groups is 1. The van der Waals surface area contributed by atoms with Gasteiger partial charge in [-0.05, 0) is 30.3 Å². The van der Waals surface area contributed by atoms with E-state index in [1.54, 1.807) is 6.07 Å². The molecule has 0 unspecified atom stereocenters. The highest BCUT2D eigenvalue weighted by atomic mass is 35.5. The number of anilines is 2. The smallest absolute Gasteiger partial charge is 0.240 e. The summed E-state index contributed by atoms with van der Waals surface area (Å²) < 4.78 is 25.2. The van der Waals surface area contributed by atoms with Crippen molar-refractivity contribution in [1.82, 2.24) is 5.32 Å². The molecule has 0 radical (unpaired) electrons. The van der Waals surface area contributed by atoms with Gasteiger partial charge in [0.05, 0.1) is 17.0 Å². The normalized spacial score (nSPS) is 11.1. The van der Waals surface area contributed by atoms with Gasteiger partial charge in [0.25, 0.3) is 0 Å². The zero-order valence-corrected chi connectivity index (χ0v) is 17.4. The van der Waals surface area contributed by atoms with Crippen molar-refractivity contribution in [2.45, 2.75) is 0 Å². The molecular formula is C18H21Cl2N3O3S. The summed E-state index contributed by atoms with van der Waals surface area (Å²) >= 11 is 12.0. The number of sulfonamides is 1. The van der Waals surface area contributed by atoms with Gasteiger partial charge in [-0.1, -0.05) is 41.4 Å². The first kappa shape index (κ1) is 21.3. The average Bonchev–Trinajstić information content (AvgIpc) is 2.61. The fourth-order valence-corrected chi connectivity index (χ4v) is 3.72. The van der Waals surface area contributed by atoms with Crippen LogP contribution in [0.4, 0.5) is 11.4 Å². The fraction of sp³-hybridized carbons (Fsp3) is 0.278. The topological polar surface area (TPSA) is 69.7 Å². The average molecular weight is 430 g/mol. The fourth-order valence-electron chi connectivity index (χ4n) is 2.42. The summed E-state index contributed by atoms with van der Waals surface area (Å²) in [6.45, 7) is 0.561. The van der Waals surface area contributed by atoms with Gasteiger partial charge in [0.2, 0.25) is 15.9 Å². The summed E-state index contributed by atoms with van der Waals surface area (Å²) in [4.78, 5) is 14.3. The number of nitrogens with one attached hydrogen (secondary N) is 1. The Labute approximate surface area is 169 Å². The molecule has 27 heavy (non-hydrogen) atoms. The molecule has 0 saturated heterocycles. The molecule has 0 aromatic heterocycles. The molecule has 2 rings (SSSR count). The van der Waals surface area contributed by atoms with Crippen LogP contribution in [0, 0.1) is 0 Å². The predicted molar refractivity (Wildman–Crippen MR) is 111 cm³/mol. The highest BCUT2D eigenvalue weighted by Gasteiger charge is 2.23. The summed E-state index contributed by atoms with van der Waals surface area (Å²) in [5.74, 6) is -0.432. The van der Waals surface area contributed by atoms with Crippen LogP contribution in [0.15, 0.2) is 48.5 Å². The Kier molecular flexibility index (Phi) is 7.35. The molecule has 2 aromatic rings. The maximum atomic E-state index is 12.3. The summed E-state index contributed by atoms with van der Waals surface area (Å²) in [5.41, 5.74) is 1.19. The number of nitrogens with zero attached hydrogens (tertiary/aromatic N) is 2. The summed E-state index contributed by atoms with van der Waals surface area (Å²) in [6.07, 6.45) is 1.01. The van der Waals surface area contributed by atoms with E-state index < -0.39 is 15.9 Å². The van der Waals surface area contributed by atoms with Gasteiger partial charge in [-0.3, -0.25) is 9.10 Å². The van der Waals surface area contributed by atoms with Crippen molar-refractivity contribution in [3.63, 3.8) is 0 Å². The quantitative estimate of drug-likeness (QED) is 0.699. The van der Waals surface area contributed by atoms with Gasteiger partial charge in [0.15, 0.2) is 0 Å². The minimum absolute atomic E-state index is 0.170. The second kappa shape index (κ2) is 9.30. The second-order valence-corrected chi connectivity index (χ2v) is 8.72. The van der Waals surface area contributed by atoms with Gasteiger partial charge in [0, 0.05) is 30.8 Å². The van der Waals surface area contributed by atoms with E-state index in [2.05, 4.69) is 5.32 Å². The lowest BCUT2D eigenvalue weighted by Crippen LogP contribution is -2.42. The van der Waals surface area contributed by atoms with E-state index in [9.17, 15) is 13.2 Å². The highest BCUT2D eigenvalue weighted by Crippen LogP contribution is 2.30. The number of para-hydroxylation sites is 1. The number of halogens is 2. The molecule has 0 fully saturated rings. The van der Waals surface area contributed by atoms with E-state index in [1.807, 2.05) is 42.3 Å². The molecule has 0 aliphatic heterocycles. The van der Waals surface area contributed by atoms with Gasteiger partial charge in [0.1, 0.15) is 6.54 Å². The van der Waals surface area contributed by atoms with Crippen molar-refractivity contribution in [3.05, 3.63) is 58.6 Å². The van der Waals surface area contributed by atoms with Crippen LogP contribution in [0.25, 0.3) is 0 Å². The number of hydrogen-bond donors (Lipinski definition) is 1. The zero-order chi connectivity index (χ0) is 20.0. The predicted octanol–water partition coefficient (Wildman–Crippen LogP) is 3.01. The number of carbonyl (C=O) groups excluding carboxylic acids is 1. The number of amides is 1. The zero-order valence-electron chi connectivity index (χ0n) is 15.0. The van der Waals surface area contributed by atoms with E-state index in [0.717, 1.165) is 16.2 Å². The summed E-state index contributed by atoms with van der Waals surface area (Å²) in [6, 6.07) is 14.2. The molecule has 0 aliphatic carbocycles. The first-order valence-electron chi connectivity index (χ1n) is 8.14. The number of likely N-dealkylation sites (N-methyl/N-ethyl adjacent to an activating group) is 1. The third kappa shape index (κ3) is 6.30. The maximum absolute atomic E-state index is 12.3. The molecule has 6 nitrogen and oxygen atoms in total. The van der Waals surface area contributed by atoms with Crippen LogP contribution in [0.5, 0.6) is 0 Å². The van der Waals surface area contributed by atoms with Crippen molar-refractivity contribution in [1.29, 1.82) is 0 Å². The van der Waals surface area contributed by atoms with Crippen molar-refractivity contribution < 1.29 is 13.2 Å². The van der Waals surface area contributed by atoms with E-state index in [-0.39, 0.29) is 17.3 Å². The molecular weight excluding hydrogens is 409 g/mol. The monoisotopic (exact) mass is 429 g/mol. The molecule has 0 spiro atoms. The lowest BCUT2D eigenvalue weighted by Gasteiger charge is -2.24. The third-order valence-electron chi connectivity index (χ3n) is 3.83. The first-order valence-corrected chi connectivity index (χ1v) is 10.7. The van der Waals surface area contributed by atoms with E-state index in [1.165, 1.54) is 12.1 Å². The Morgan fingerprint density at radius 2 is 1.78 bits per heavy atom. The van der Waals surface area contributed by atoms with Crippen LogP contribution in [-0.4, -0.2) is 47.3 Å². The SMILES string of the molecule is CN(CCNC(=O)CN(c1cc(Cl)ccc1Cl)S(C)(=O)=O)c1ccccc1. The molecule has 0 heterocycles. The third-order valence-corrected chi connectivity index (χ3v) is 5.51. The Bertz CT molecular complexity index is 892.